The number of halogens is 1. The van der Waals surface area contributed by atoms with Gasteiger partial charge in [0.25, 0.3) is 0 Å². The van der Waals surface area contributed by atoms with E-state index in [2.05, 4.69) is 40.6 Å². The number of nitrogens with zero attached hydrogens (tertiary/aromatic N) is 2. The van der Waals surface area contributed by atoms with Crippen LogP contribution in [0, 0.1) is 17.2 Å². The second kappa shape index (κ2) is 10.5. The predicted octanol–water partition coefficient (Wildman–Crippen LogP) is 6.87. The Hall–Kier alpha value is -2.65. The van der Waals surface area contributed by atoms with Crippen LogP contribution in [0.15, 0.2) is 48.5 Å². The van der Waals surface area contributed by atoms with Crippen LogP contribution in [-0.2, 0) is 24.3 Å². The molecule has 2 aromatic carbocycles. The van der Waals surface area contributed by atoms with Gasteiger partial charge in [0.1, 0.15) is 11.1 Å². The van der Waals surface area contributed by atoms with Gasteiger partial charge in [-0.3, -0.25) is 9.69 Å². The number of rotatable bonds is 7. The lowest BCUT2D eigenvalue weighted by Gasteiger charge is -2.26. The second-order valence-electron chi connectivity index (χ2n) is 8.49. The Labute approximate surface area is 204 Å². The monoisotopic (exact) mass is 477 g/mol. The highest BCUT2D eigenvalue weighted by molar-refractivity contribution is 7.16. The molecule has 4 nitrogen and oxygen atoms in total. The van der Waals surface area contributed by atoms with Crippen LogP contribution in [0.5, 0.6) is 0 Å². The Balaban J connectivity index is 1.44. The van der Waals surface area contributed by atoms with E-state index in [1.165, 1.54) is 16.0 Å². The zero-order valence-corrected chi connectivity index (χ0v) is 20.6. The van der Waals surface area contributed by atoms with Gasteiger partial charge in [-0.15, -0.1) is 11.3 Å². The molecule has 1 N–H and O–H groups in total. The van der Waals surface area contributed by atoms with Crippen molar-refractivity contribution in [2.75, 3.05) is 11.9 Å². The molecule has 33 heavy (non-hydrogen) atoms. The number of thiophene rings is 1. The molecule has 0 unspecified atom stereocenters. The highest BCUT2D eigenvalue weighted by Crippen LogP contribution is 2.37. The number of fused-ring (bicyclic) bond motifs is 1. The van der Waals surface area contributed by atoms with Crippen LogP contribution >= 0.6 is 22.9 Å². The number of nitrogens with one attached hydrogen (secondary N) is 1. The van der Waals surface area contributed by atoms with Crippen molar-refractivity contribution in [3.8, 4) is 17.2 Å². The molecule has 0 saturated heterocycles. The lowest BCUT2D eigenvalue weighted by molar-refractivity contribution is -0.120. The molecule has 1 aliphatic rings. The van der Waals surface area contributed by atoms with Crippen molar-refractivity contribution >= 4 is 33.8 Å². The third-order valence-electron chi connectivity index (χ3n) is 6.38. The molecule has 2 heterocycles. The van der Waals surface area contributed by atoms with Gasteiger partial charge < -0.3 is 5.32 Å². The Morgan fingerprint density at radius 2 is 1.76 bits per heavy atom. The van der Waals surface area contributed by atoms with Crippen molar-refractivity contribution in [2.45, 2.75) is 46.2 Å². The molecule has 0 fully saturated rings. The fourth-order valence-electron chi connectivity index (χ4n) is 4.37. The zero-order valence-electron chi connectivity index (χ0n) is 19.0. The molecule has 0 spiro atoms. The summed E-state index contributed by atoms with van der Waals surface area (Å²) < 4.78 is 0. The van der Waals surface area contributed by atoms with Crippen LogP contribution in [0.2, 0.25) is 5.02 Å². The van der Waals surface area contributed by atoms with Gasteiger partial charge in [-0.05, 0) is 53.6 Å². The van der Waals surface area contributed by atoms with E-state index in [0.29, 0.717) is 10.6 Å². The Morgan fingerprint density at radius 3 is 2.36 bits per heavy atom. The van der Waals surface area contributed by atoms with E-state index < -0.39 is 0 Å². The summed E-state index contributed by atoms with van der Waals surface area (Å²) >= 11 is 7.56. The zero-order chi connectivity index (χ0) is 23.4. The molecular formula is C27H28ClN3OS. The van der Waals surface area contributed by atoms with Crippen LogP contribution in [-0.4, -0.2) is 17.4 Å². The lowest BCUT2D eigenvalue weighted by atomic mass is 10.0. The number of hydrogen-bond donors (Lipinski definition) is 1. The first-order chi connectivity index (χ1) is 16.0. The van der Waals surface area contributed by atoms with Crippen molar-refractivity contribution < 1.29 is 4.79 Å². The summed E-state index contributed by atoms with van der Waals surface area (Å²) in [5.41, 5.74) is 5.35. The SMILES string of the molecule is CCC(CC)C(=O)Nc1sc2c(c1C#N)CCN(Cc1ccc(-c3ccc(Cl)cc3)cc1)C2. The maximum Gasteiger partial charge on any atom is 0.228 e. The van der Waals surface area contributed by atoms with Gasteiger partial charge in [0.05, 0.1) is 5.56 Å². The summed E-state index contributed by atoms with van der Waals surface area (Å²) in [5.74, 6) is 0.00995. The first kappa shape index (κ1) is 23.5. The lowest BCUT2D eigenvalue weighted by Crippen LogP contribution is -2.29. The Morgan fingerprint density at radius 1 is 1.12 bits per heavy atom. The van der Waals surface area contributed by atoms with Crippen molar-refractivity contribution in [3.05, 3.63) is 75.1 Å². The van der Waals surface area contributed by atoms with E-state index in [4.69, 9.17) is 11.6 Å². The van der Waals surface area contributed by atoms with E-state index in [0.717, 1.165) is 55.0 Å². The van der Waals surface area contributed by atoms with Gasteiger partial charge in [0.2, 0.25) is 5.91 Å². The summed E-state index contributed by atoms with van der Waals surface area (Å²) in [6.45, 7) is 6.61. The van der Waals surface area contributed by atoms with Gasteiger partial charge in [-0.2, -0.15) is 5.26 Å². The summed E-state index contributed by atoms with van der Waals surface area (Å²) in [7, 11) is 0. The number of nitriles is 1. The van der Waals surface area contributed by atoms with E-state index in [1.54, 1.807) is 11.3 Å². The highest BCUT2D eigenvalue weighted by atomic mass is 35.5. The number of hydrogen-bond acceptors (Lipinski definition) is 4. The maximum absolute atomic E-state index is 12.6. The molecule has 0 radical (unpaired) electrons. The molecule has 170 valence electrons. The van der Waals surface area contributed by atoms with Crippen LogP contribution in [0.3, 0.4) is 0 Å². The molecule has 6 heteroatoms. The van der Waals surface area contributed by atoms with E-state index in [9.17, 15) is 10.1 Å². The minimum absolute atomic E-state index is 0.0111. The molecule has 0 saturated carbocycles. The maximum atomic E-state index is 12.6. The van der Waals surface area contributed by atoms with Crippen molar-refractivity contribution in [1.82, 2.24) is 4.90 Å². The highest BCUT2D eigenvalue weighted by Gasteiger charge is 2.26. The first-order valence-electron chi connectivity index (χ1n) is 11.4. The largest absolute Gasteiger partial charge is 0.316 e. The van der Waals surface area contributed by atoms with Crippen LogP contribution in [0.4, 0.5) is 5.00 Å². The van der Waals surface area contributed by atoms with Crippen LogP contribution < -0.4 is 5.32 Å². The first-order valence-corrected chi connectivity index (χ1v) is 12.6. The number of benzene rings is 2. The smallest absolute Gasteiger partial charge is 0.228 e. The average Bonchev–Trinajstić information content (AvgIpc) is 3.17. The van der Waals surface area contributed by atoms with Crippen LogP contribution in [0.25, 0.3) is 11.1 Å². The van der Waals surface area contributed by atoms with E-state index >= 15 is 0 Å². The van der Waals surface area contributed by atoms with Gasteiger partial charge in [-0.1, -0.05) is 61.8 Å². The number of carbonyl (C=O) groups is 1. The molecular weight excluding hydrogens is 450 g/mol. The molecule has 3 aromatic rings. The fraction of sp³-hybridized carbons (Fsp3) is 0.333. The van der Waals surface area contributed by atoms with Gasteiger partial charge in [0.15, 0.2) is 0 Å². The summed E-state index contributed by atoms with van der Waals surface area (Å²) in [5, 5.41) is 14.2. The normalized spacial score (nSPS) is 13.5. The molecule has 4 rings (SSSR count). The van der Waals surface area contributed by atoms with E-state index in [1.807, 2.05) is 38.1 Å². The molecule has 1 aliphatic heterocycles. The molecule has 0 aliphatic carbocycles. The van der Waals surface area contributed by atoms with Crippen molar-refractivity contribution in [3.63, 3.8) is 0 Å². The molecule has 0 bridgehead atoms. The minimum Gasteiger partial charge on any atom is -0.316 e. The molecule has 1 amide bonds. The number of amides is 1. The Bertz CT molecular complexity index is 1160. The quantitative estimate of drug-likeness (QED) is 0.403. The topological polar surface area (TPSA) is 56.1 Å². The summed E-state index contributed by atoms with van der Waals surface area (Å²) in [6, 6.07) is 18.9. The summed E-state index contributed by atoms with van der Waals surface area (Å²) in [4.78, 5) is 16.2. The van der Waals surface area contributed by atoms with Crippen molar-refractivity contribution in [2.24, 2.45) is 5.92 Å². The molecule has 1 aromatic heterocycles. The average molecular weight is 478 g/mol. The molecule has 0 atom stereocenters. The third kappa shape index (κ3) is 5.30. The number of carbonyl (C=O) groups excluding carboxylic acids is 1. The van der Waals surface area contributed by atoms with E-state index in [-0.39, 0.29) is 11.8 Å². The summed E-state index contributed by atoms with van der Waals surface area (Å²) in [6.07, 6.45) is 2.44. The second-order valence-corrected chi connectivity index (χ2v) is 10.0. The van der Waals surface area contributed by atoms with Gasteiger partial charge in [0, 0.05) is 35.5 Å². The van der Waals surface area contributed by atoms with Crippen molar-refractivity contribution in [1.29, 1.82) is 5.26 Å². The third-order valence-corrected chi connectivity index (χ3v) is 7.76. The van der Waals surface area contributed by atoms with Crippen LogP contribution in [0.1, 0.15) is 48.3 Å². The minimum atomic E-state index is -0.0111. The predicted molar refractivity (Wildman–Crippen MR) is 136 cm³/mol. The fourth-order valence-corrected chi connectivity index (χ4v) is 5.74. The standard InChI is InChI=1S/C27H28ClN3OS/c1-3-19(4-2)26(32)30-27-24(15-29)23-13-14-31(17-25(23)33-27)16-18-5-7-20(8-6-18)21-9-11-22(28)12-10-21/h5-12,19H,3-4,13-14,16-17H2,1-2H3,(H,30,32). The van der Waals surface area contributed by atoms with Gasteiger partial charge >= 0.3 is 0 Å². The number of anilines is 1. The van der Waals surface area contributed by atoms with Gasteiger partial charge in [-0.25, -0.2) is 0 Å². The Kier molecular flexibility index (Phi) is 7.49.